The molecule has 1 unspecified atom stereocenters. The van der Waals surface area contributed by atoms with E-state index < -0.39 is 0 Å². The summed E-state index contributed by atoms with van der Waals surface area (Å²) in [6, 6.07) is 3.84. The maximum absolute atomic E-state index is 12.7. The van der Waals surface area contributed by atoms with Crippen LogP contribution in [0.1, 0.15) is 18.4 Å². The average molecular weight is 364 g/mol. The zero-order valence-electron chi connectivity index (χ0n) is 14.3. The van der Waals surface area contributed by atoms with Gasteiger partial charge in [0.15, 0.2) is 0 Å². The van der Waals surface area contributed by atoms with Crippen molar-refractivity contribution in [1.29, 1.82) is 5.26 Å². The van der Waals surface area contributed by atoms with Crippen LogP contribution in [0.2, 0.25) is 5.02 Å². The third-order valence-corrected chi connectivity index (χ3v) is 5.06. The molecule has 2 aliphatic rings. The Morgan fingerprint density at radius 2 is 2.20 bits per heavy atom. The van der Waals surface area contributed by atoms with E-state index in [0.29, 0.717) is 49.3 Å². The number of amides is 2. The molecule has 1 aromatic rings. The van der Waals surface area contributed by atoms with Gasteiger partial charge in [0.25, 0.3) is 0 Å². The SMILES string of the molecule is CN(C(=O)N1CCOCC1)C1CCCN(c2ncc(C#N)cc2Cl)C1. The van der Waals surface area contributed by atoms with Crippen molar-refractivity contribution in [3.8, 4) is 6.07 Å². The van der Waals surface area contributed by atoms with Crippen LogP contribution in [0.15, 0.2) is 12.3 Å². The van der Waals surface area contributed by atoms with Gasteiger partial charge in [-0.3, -0.25) is 0 Å². The number of halogens is 1. The molecule has 0 aromatic carbocycles. The fourth-order valence-corrected chi connectivity index (χ4v) is 3.61. The van der Waals surface area contributed by atoms with Gasteiger partial charge in [-0.05, 0) is 18.9 Å². The van der Waals surface area contributed by atoms with Gasteiger partial charge in [0.05, 0.1) is 29.8 Å². The van der Waals surface area contributed by atoms with Crippen molar-refractivity contribution in [3.05, 3.63) is 22.8 Å². The van der Waals surface area contributed by atoms with Crippen molar-refractivity contribution < 1.29 is 9.53 Å². The minimum atomic E-state index is 0.0500. The highest BCUT2D eigenvalue weighted by molar-refractivity contribution is 6.33. The number of urea groups is 1. The van der Waals surface area contributed by atoms with Crippen LogP contribution < -0.4 is 4.90 Å². The van der Waals surface area contributed by atoms with Gasteiger partial charge in [-0.25, -0.2) is 9.78 Å². The molecular formula is C17H22ClN5O2. The van der Waals surface area contributed by atoms with E-state index in [1.807, 2.05) is 22.9 Å². The van der Waals surface area contributed by atoms with Crippen molar-refractivity contribution >= 4 is 23.4 Å². The van der Waals surface area contributed by atoms with E-state index >= 15 is 0 Å². The normalized spacial score (nSPS) is 20.9. The summed E-state index contributed by atoms with van der Waals surface area (Å²) >= 11 is 6.30. The number of likely N-dealkylation sites (N-methyl/N-ethyl adjacent to an activating group) is 1. The summed E-state index contributed by atoms with van der Waals surface area (Å²) in [6.45, 7) is 4.01. The van der Waals surface area contributed by atoms with Gasteiger partial charge in [0.2, 0.25) is 0 Å². The van der Waals surface area contributed by atoms with E-state index in [-0.39, 0.29) is 12.1 Å². The van der Waals surface area contributed by atoms with Gasteiger partial charge in [-0.2, -0.15) is 5.26 Å². The van der Waals surface area contributed by atoms with Crippen molar-refractivity contribution in [2.45, 2.75) is 18.9 Å². The summed E-state index contributed by atoms with van der Waals surface area (Å²) in [5, 5.41) is 9.42. The molecule has 25 heavy (non-hydrogen) atoms. The Bertz CT molecular complexity index is 671. The van der Waals surface area contributed by atoms with Gasteiger partial charge < -0.3 is 19.4 Å². The zero-order valence-corrected chi connectivity index (χ0v) is 15.1. The van der Waals surface area contributed by atoms with E-state index in [1.165, 1.54) is 6.20 Å². The lowest BCUT2D eigenvalue weighted by Gasteiger charge is -2.40. The molecule has 0 N–H and O–H groups in total. The number of nitrogens with zero attached hydrogens (tertiary/aromatic N) is 5. The van der Waals surface area contributed by atoms with E-state index in [0.717, 1.165) is 19.4 Å². The second-order valence-corrected chi connectivity index (χ2v) is 6.78. The summed E-state index contributed by atoms with van der Waals surface area (Å²) in [4.78, 5) is 22.8. The standard InChI is InChI=1S/C17H22ClN5O2/c1-21(17(24)22-5-7-25-8-6-22)14-3-2-4-23(12-14)16-15(18)9-13(10-19)11-20-16/h9,11,14H,2-8,12H2,1H3. The maximum atomic E-state index is 12.7. The first-order chi connectivity index (χ1) is 12.1. The maximum Gasteiger partial charge on any atom is 0.320 e. The molecule has 2 saturated heterocycles. The summed E-state index contributed by atoms with van der Waals surface area (Å²) in [6.07, 6.45) is 3.45. The Morgan fingerprint density at radius 3 is 2.88 bits per heavy atom. The van der Waals surface area contributed by atoms with E-state index in [4.69, 9.17) is 21.6 Å². The molecule has 134 valence electrons. The van der Waals surface area contributed by atoms with Crippen LogP contribution in [-0.2, 0) is 4.74 Å². The molecular weight excluding hydrogens is 342 g/mol. The monoisotopic (exact) mass is 363 g/mol. The number of rotatable bonds is 2. The first-order valence-electron chi connectivity index (χ1n) is 8.50. The van der Waals surface area contributed by atoms with E-state index in [9.17, 15) is 4.79 Å². The number of pyridine rings is 1. The number of carbonyl (C=O) groups is 1. The Labute approximate surface area is 152 Å². The van der Waals surface area contributed by atoms with E-state index in [1.54, 1.807) is 6.07 Å². The Hall–Kier alpha value is -2.04. The Morgan fingerprint density at radius 1 is 1.44 bits per heavy atom. The highest BCUT2D eigenvalue weighted by atomic mass is 35.5. The van der Waals surface area contributed by atoms with Crippen LogP contribution in [0.4, 0.5) is 10.6 Å². The smallest absolute Gasteiger partial charge is 0.320 e. The predicted octanol–water partition coefficient (Wildman–Crippen LogP) is 1.96. The zero-order chi connectivity index (χ0) is 17.8. The Kier molecular flexibility index (Phi) is 5.61. The second-order valence-electron chi connectivity index (χ2n) is 6.38. The quantitative estimate of drug-likeness (QED) is 0.803. The number of morpholine rings is 1. The molecule has 2 fully saturated rings. The summed E-state index contributed by atoms with van der Waals surface area (Å²) in [5.74, 6) is 0.678. The first-order valence-corrected chi connectivity index (χ1v) is 8.88. The van der Waals surface area contributed by atoms with Crippen LogP contribution in [0, 0.1) is 11.3 Å². The highest BCUT2D eigenvalue weighted by Crippen LogP contribution is 2.28. The van der Waals surface area contributed by atoms with Gasteiger partial charge in [-0.1, -0.05) is 11.6 Å². The number of ether oxygens (including phenoxy) is 1. The van der Waals surface area contributed by atoms with Crippen LogP contribution in [0.25, 0.3) is 0 Å². The lowest BCUT2D eigenvalue weighted by molar-refractivity contribution is 0.0414. The molecule has 0 radical (unpaired) electrons. The third-order valence-electron chi connectivity index (χ3n) is 4.78. The highest BCUT2D eigenvalue weighted by Gasteiger charge is 2.30. The fraction of sp³-hybridized carbons (Fsp3) is 0.588. The number of hydrogen-bond acceptors (Lipinski definition) is 5. The number of piperidine rings is 1. The molecule has 1 atom stereocenters. The van der Waals surface area contributed by atoms with Gasteiger partial charge in [-0.15, -0.1) is 0 Å². The van der Waals surface area contributed by atoms with Gasteiger partial charge in [0, 0.05) is 39.4 Å². The van der Waals surface area contributed by atoms with Gasteiger partial charge in [0.1, 0.15) is 11.9 Å². The summed E-state index contributed by atoms with van der Waals surface area (Å²) in [7, 11) is 1.86. The molecule has 8 heteroatoms. The van der Waals surface area contributed by atoms with Crippen molar-refractivity contribution in [2.75, 3.05) is 51.3 Å². The van der Waals surface area contributed by atoms with Crippen LogP contribution >= 0.6 is 11.6 Å². The number of carbonyl (C=O) groups excluding carboxylic acids is 1. The number of nitriles is 1. The lowest BCUT2D eigenvalue weighted by Crippen LogP contribution is -2.54. The predicted molar refractivity (Wildman–Crippen MR) is 94.7 cm³/mol. The molecule has 0 saturated carbocycles. The number of aromatic nitrogens is 1. The Balaban J connectivity index is 1.68. The fourth-order valence-electron chi connectivity index (χ4n) is 3.32. The molecule has 2 amide bonds. The largest absolute Gasteiger partial charge is 0.378 e. The van der Waals surface area contributed by atoms with Crippen molar-refractivity contribution in [2.24, 2.45) is 0 Å². The summed E-state index contributed by atoms with van der Waals surface area (Å²) in [5.41, 5.74) is 0.446. The molecule has 3 rings (SSSR count). The van der Waals surface area contributed by atoms with E-state index in [2.05, 4.69) is 9.88 Å². The second kappa shape index (κ2) is 7.89. The van der Waals surface area contributed by atoms with Crippen LogP contribution in [-0.4, -0.2) is 73.3 Å². The molecule has 3 heterocycles. The molecule has 0 aliphatic carbocycles. The van der Waals surface area contributed by atoms with Crippen molar-refractivity contribution in [3.63, 3.8) is 0 Å². The molecule has 0 bridgehead atoms. The lowest BCUT2D eigenvalue weighted by atomic mass is 10.0. The first kappa shape index (κ1) is 17.8. The van der Waals surface area contributed by atoms with Gasteiger partial charge >= 0.3 is 6.03 Å². The van der Waals surface area contributed by atoms with Crippen LogP contribution in [0.5, 0.6) is 0 Å². The van der Waals surface area contributed by atoms with Crippen molar-refractivity contribution in [1.82, 2.24) is 14.8 Å². The molecule has 2 aliphatic heterocycles. The topological polar surface area (TPSA) is 72.7 Å². The molecule has 7 nitrogen and oxygen atoms in total. The van der Waals surface area contributed by atoms with Crippen LogP contribution in [0.3, 0.4) is 0 Å². The summed E-state index contributed by atoms with van der Waals surface area (Å²) < 4.78 is 5.32. The minimum absolute atomic E-state index is 0.0500. The molecule has 0 spiro atoms. The third kappa shape index (κ3) is 3.97. The minimum Gasteiger partial charge on any atom is -0.378 e. The number of hydrogen-bond donors (Lipinski definition) is 0. The molecule has 1 aromatic heterocycles. The number of anilines is 1. The average Bonchev–Trinajstić information content (AvgIpc) is 2.67.